The van der Waals surface area contributed by atoms with Crippen molar-refractivity contribution < 1.29 is 9.59 Å². The van der Waals surface area contributed by atoms with E-state index in [9.17, 15) is 9.59 Å². The van der Waals surface area contributed by atoms with E-state index in [0.717, 1.165) is 14.7 Å². The van der Waals surface area contributed by atoms with Gasteiger partial charge in [-0.3, -0.25) is 9.59 Å². The molecule has 31 heavy (non-hydrogen) atoms. The fourth-order valence-electron chi connectivity index (χ4n) is 2.79. The highest BCUT2D eigenvalue weighted by Crippen LogP contribution is 2.45. The Kier molecular flexibility index (Phi) is 6.92. The molecule has 3 aromatic rings. The van der Waals surface area contributed by atoms with Crippen LogP contribution in [0.15, 0.2) is 86.3 Å². The van der Waals surface area contributed by atoms with Gasteiger partial charge in [0, 0.05) is 24.9 Å². The highest BCUT2D eigenvalue weighted by Gasteiger charge is 2.41. The first-order valence-corrected chi connectivity index (χ1v) is 11.9. The van der Waals surface area contributed by atoms with E-state index in [0.29, 0.717) is 24.9 Å². The van der Waals surface area contributed by atoms with Crippen molar-refractivity contribution in [3.8, 4) is 0 Å². The van der Waals surface area contributed by atoms with Crippen LogP contribution in [0.25, 0.3) is 0 Å². The predicted octanol–water partition coefficient (Wildman–Crippen LogP) is 7.97. The summed E-state index contributed by atoms with van der Waals surface area (Å²) in [6.45, 7) is 0. The Labute approximate surface area is 207 Å². The molecule has 3 nitrogen and oxygen atoms in total. The average Bonchev–Trinajstić information content (AvgIpc) is 2.96. The number of amides is 2. The van der Waals surface area contributed by atoms with Crippen molar-refractivity contribution in [2.75, 3.05) is 4.90 Å². The van der Waals surface area contributed by atoms with Gasteiger partial charge < -0.3 is 0 Å². The molecule has 0 atom stereocenters. The van der Waals surface area contributed by atoms with Gasteiger partial charge in [0.15, 0.2) is 0 Å². The molecule has 2 amide bonds. The van der Waals surface area contributed by atoms with E-state index in [1.807, 2.05) is 0 Å². The van der Waals surface area contributed by atoms with Crippen LogP contribution in [0.2, 0.25) is 20.1 Å². The van der Waals surface area contributed by atoms with Gasteiger partial charge >= 0.3 is 0 Å². The first-order chi connectivity index (χ1) is 14.8. The number of hydrogen-bond donors (Lipinski definition) is 0. The lowest BCUT2D eigenvalue weighted by atomic mass is 10.3. The minimum atomic E-state index is -0.453. The summed E-state index contributed by atoms with van der Waals surface area (Å²) in [5, 5.41) is 1.78. The summed E-state index contributed by atoms with van der Waals surface area (Å²) in [5.74, 6) is -0.906. The van der Waals surface area contributed by atoms with Gasteiger partial charge in [-0.05, 0) is 66.7 Å². The Balaban J connectivity index is 1.76. The van der Waals surface area contributed by atoms with E-state index in [-0.39, 0.29) is 10.7 Å². The number of carbonyl (C=O) groups excluding carboxylic acids is 2. The summed E-state index contributed by atoms with van der Waals surface area (Å²) in [5.41, 5.74) is 0.280. The standard InChI is InChI=1S/C22H11Cl4NO2S2/c23-12-1-6-15(7-2-12)30-19-20(31-16-8-3-13(24)4-9-16)22(29)27(21(19)28)18-10-5-14(25)11-17(18)26/h1-11H. The van der Waals surface area contributed by atoms with Crippen LogP contribution in [0.5, 0.6) is 0 Å². The minimum absolute atomic E-state index is 0.211. The van der Waals surface area contributed by atoms with Gasteiger partial charge in [0.05, 0.1) is 20.5 Å². The third kappa shape index (κ3) is 4.92. The summed E-state index contributed by atoms with van der Waals surface area (Å²) in [7, 11) is 0. The van der Waals surface area contributed by atoms with Crippen LogP contribution in [0.3, 0.4) is 0 Å². The zero-order valence-corrected chi connectivity index (χ0v) is 20.1. The summed E-state index contributed by atoms with van der Waals surface area (Å²) in [6, 6.07) is 18.7. The molecule has 0 N–H and O–H groups in total. The average molecular weight is 527 g/mol. The van der Waals surface area contributed by atoms with Gasteiger partial charge in [-0.25, -0.2) is 4.90 Å². The van der Waals surface area contributed by atoms with Gasteiger partial charge in [0.2, 0.25) is 0 Å². The van der Waals surface area contributed by atoms with Crippen LogP contribution in [-0.4, -0.2) is 11.8 Å². The van der Waals surface area contributed by atoms with Crippen LogP contribution in [0, 0.1) is 0 Å². The van der Waals surface area contributed by atoms with Crippen molar-refractivity contribution in [1.29, 1.82) is 0 Å². The lowest BCUT2D eigenvalue weighted by molar-refractivity contribution is -0.120. The predicted molar refractivity (Wildman–Crippen MR) is 131 cm³/mol. The first-order valence-electron chi connectivity index (χ1n) is 8.78. The van der Waals surface area contributed by atoms with Crippen LogP contribution >= 0.6 is 69.9 Å². The maximum Gasteiger partial charge on any atom is 0.273 e. The molecule has 4 rings (SSSR count). The number of nitrogens with zero attached hydrogens (tertiary/aromatic N) is 1. The fraction of sp³-hybridized carbons (Fsp3) is 0. The molecule has 0 saturated heterocycles. The second kappa shape index (κ2) is 9.49. The van der Waals surface area contributed by atoms with Crippen molar-refractivity contribution >= 4 is 87.4 Å². The first kappa shape index (κ1) is 22.6. The van der Waals surface area contributed by atoms with Gasteiger partial charge in [-0.1, -0.05) is 69.9 Å². The van der Waals surface area contributed by atoms with Crippen molar-refractivity contribution in [2.24, 2.45) is 0 Å². The Morgan fingerprint density at radius 1 is 0.581 bits per heavy atom. The van der Waals surface area contributed by atoms with Crippen LogP contribution in [0.4, 0.5) is 5.69 Å². The number of benzene rings is 3. The summed E-state index contributed by atoms with van der Waals surface area (Å²) in [6.07, 6.45) is 0. The number of hydrogen-bond acceptors (Lipinski definition) is 4. The number of halogens is 4. The Morgan fingerprint density at radius 2 is 1.00 bits per heavy atom. The van der Waals surface area contributed by atoms with E-state index >= 15 is 0 Å². The molecule has 1 heterocycles. The number of imide groups is 1. The normalized spacial score (nSPS) is 14.0. The maximum absolute atomic E-state index is 13.4. The molecule has 0 fully saturated rings. The monoisotopic (exact) mass is 525 g/mol. The second-order valence-electron chi connectivity index (χ2n) is 6.31. The van der Waals surface area contributed by atoms with E-state index in [1.54, 1.807) is 60.7 Å². The second-order valence-corrected chi connectivity index (χ2v) is 10.2. The summed E-state index contributed by atoms with van der Waals surface area (Å²) < 4.78 is 0. The Morgan fingerprint density at radius 3 is 1.42 bits per heavy atom. The van der Waals surface area contributed by atoms with E-state index < -0.39 is 11.8 Å². The van der Waals surface area contributed by atoms with E-state index in [4.69, 9.17) is 46.4 Å². The number of anilines is 1. The lowest BCUT2D eigenvalue weighted by Gasteiger charge is -2.16. The highest BCUT2D eigenvalue weighted by atomic mass is 35.5. The highest BCUT2D eigenvalue weighted by molar-refractivity contribution is 8.08. The number of thioether (sulfide) groups is 2. The quantitative estimate of drug-likeness (QED) is 0.316. The molecule has 0 aromatic heterocycles. The molecule has 0 spiro atoms. The minimum Gasteiger partial charge on any atom is -0.268 e. The topological polar surface area (TPSA) is 37.4 Å². The zero-order chi connectivity index (χ0) is 22.1. The molecular formula is C22H11Cl4NO2S2. The molecule has 0 saturated carbocycles. The molecule has 0 aliphatic carbocycles. The van der Waals surface area contributed by atoms with Gasteiger partial charge in [-0.2, -0.15) is 0 Å². The van der Waals surface area contributed by atoms with E-state index in [1.165, 1.54) is 29.6 Å². The maximum atomic E-state index is 13.4. The molecule has 156 valence electrons. The molecule has 1 aliphatic rings. The van der Waals surface area contributed by atoms with Gasteiger partial charge in [-0.15, -0.1) is 0 Å². The Bertz CT molecular complexity index is 1140. The molecule has 3 aromatic carbocycles. The lowest BCUT2D eigenvalue weighted by Crippen LogP contribution is -2.31. The van der Waals surface area contributed by atoms with Crippen LogP contribution in [-0.2, 0) is 9.59 Å². The van der Waals surface area contributed by atoms with Crippen molar-refractivity contribution in [1.82, 2.24) is 0 Å². The number of rotatable bonds is 5. The Hall–Kier alpha value is -1.60. The molecule has 1 aliphatic heterocycles. The molecule has 0 bridgehead atoms. The van der Waals surface area contributed by atoms with Gasteiger partial charge in [0.25, 0.3) is 11.8 Å². The third-order valence-electron chi connectivity index (χ3n) is 4.22. The van der Waals surface area contributed by atoms with Crippen LogP contribution in [0.1, 0.15) is 0 Å². The third-order valence-corrected chi connectivity index (χ3v) is 7.57. The molecule has 0 unspecified atom stereocenters. The van der Waals surface area contributed by atoms with Crippen LogP contribution < -0.4 is 4.90 Å². The summed E-state index contributed by atoms with van der Waals surface area (Å²) in [4.78, 5) is 29.9. The van der Waals surface area contributed by atoms with Crippen molar-refractivity contribution in [3.05, 3.63) is 96.6 Å². The zero-order valence-electron chi connectivity index (χ0n) is 15.4. The largest absolute Gasteiger partial charge is 0.273 e. The molecule has 9 heteroatoms. The smallest absolute Gasteiger partial charge is 0.268 e. The van der Waals surface area contributed by atoms with Gasteiger partial charge in [0.1, 0.15) is 0 Å². The molecule has 0 radical (unpaired) electrons. The SMILES string of the molecule is O=C1C(Sc2ccc(Cl)cc2)=C(Sc2ccc(Cl)cc2)C(=O)N1c1ccc(Cl)cc1Cl. The summed E-state index contributed by atoms with van der Waals surface area (Å²) >= 11 is 26.6. The van der Waals surface area contributed by atoms with E-state index in [2.05, 4.69) is 0 Å². The number of carbonyl (C=O) groups is 2. The van der Waals surface area contributed by atoms with Crippen molar-refractivity contribution in [3.63, 3.8) is 0 Å². The van der Waals surface area contributed by atoms with Crippen molar-refractivity contribution in [2.45, 2.75) is 9.79 Å². The fourth-order valence-corrected chi connectivity index (χ4v) is 5.52. The molecular weight excluding hydrogens is 516 g/mol.